The van der Waals surface area contributed by atoms with Gasteiger partial charge in [0, 0.05) is 18.6 Å². The van der Waals surface area contributed by atoms with E-state index in [-0.39, 0.29) is 12.1 Å². The van der Waals surface area contributed by atoms with E-state index in [0.29, 0.717) is 13.1 Å². The van der Waals surface area contributed by atoms with Gasteiger partial charge in [0.05, 0.1) is 6.61 Å². The van der Waals surface area contributed by atoms with Gasteiger partial charge in [-0.3, -0.25) is 0 Å². The molecule has 0 aliphatic rings. The summed E-state index contributed by atoms with van der Waals surface area (Å²) in [6, 6.07) is 0. The first-order valence-corrected chi connectivity index (χ1v) is 6.24. The van der Waals surface area contributed by atoms with Crippen molar-refractivity contribution in [2.24, 2.45) is 5.73 Å². The summed E-state index contributed by atoms with van der Waals surface area (Å²) in [5.41, 5.74) is 5.75. The predicted molar refractivity (Wildman–Crippen MR) is 65.9 cm³/mol. The number of hydrogen-bond donors (Lipinski definition) is 3. The number of β-amino-alcohol motifs (C(OH)–C–C–N with tert-alkyl or cyclic N) is 1. The molecule has 0 rings (SSSR count). The topological polar surface area (TPSA) is 58.3 Å². The maximum atomic E-state index is 8.76. The minimum absolute atomic E-state index is 0.00887. The Labute approximate surface area is 94.4 Å². The molecule has 0 saturated carbocycles. The van der Waals surface area contributed by atoms with E-state index in [0.717, 1.165) is 6.42 Å². The summed E-state index contributed by atoms with van der Waals surface area (Å²) < 4.78 is 0. The van der Waals surface area contributed by atoms with Crippen LogP contribution in [0.2, 0.25) is 0 Å². The van der Waals surface area contributed by atoms with E-state index < -0.39 is 0 Å². The number of rotatable bonds is 10. The van der Waals surface area contributed by atoms with Crippen molar-refractivity contribution in [1.29, 1.82) is 0 Å². The Bertz CT molecular complexity index is 142. The van der Waals surface area contributed by atoms with E-state index in [1.54, 1.807) is 0 Å². The van der Waals surface area contributed by atoms with Crippen LogP contribution < -0.4 is 11.1 Å². The summed E-state index contributed by atoms with van der Waals surface area (Å²) >= 11 is 0. The first kappa shape index (κ1) is 14.9. The SMILES string of the molecule is CCCCCCCC(C)(CN)NCCO. The third-order valence-electron chi connectivity index (χ3n) is 2.95. The zero-order chi connectivity index (χ0) is 11.6. The Balaban J connectivity index is 3.58. The van der Waals surface area contributed by atoms with Crippen LogP contribution in [0.3, 0.4) is 0 Å². The molecule has 0 radical (unpaired) electrons. The Hall–Kier alpha value is -0.120. The molecule has 1 atom stereocenters. The Morgan fingerprint density at radius 1 is 1.20 bits per heavy atom. The average Bonchev–Trinajstić information content (AvgIpc) is 2.26. The smallest absolute Gasteiger partial charge is 0.0556 e. The van der Waals surface area contributed by atoms with Crippen LogP contribution in [0.5, 0.6) is 0 Å². The molecule has 0 fully saturated rings. The average molecular weight is 216 g/mol. The molecule has 0 aromatic carbocycles. The maximum absolute atomic E-state index is 8.76. The van der Waals surface area contributed by atoms with E-state index in [1.807, 2.05) is 0 Å². The number of unbranched alkanes of at least 4 members (excludes halogenated alkanes) is 4. The molecule has 0 saturated heterocycles. The predicted octanol–water partition coefficient (Wildman–Crippen LogP) is 1.65. The highest BCUT2D eigenvalue weighted by Gasteiger charge is 2.20. The van der Waals surface area contributed by atoms with Crippen LogP contribution in [0.1, 0.15) is 52.4 Å². The van der Waals surface area contributed by atoms with Crippen molar-refractivity contribution in [2.75, 3.05) is 19.7 Å². The van der Waals surface area contributed by atoms with Gasteiger partial charge in [-0.05, 0) is 13.3 Å². The van der Waals surface area contributed by atoms with Gasteiger partial charge in [0.1, 0.15) is 0 Å². The van der Waals surface area contributed by atoms with Crippen molar-refractivity contribution in [2.45, 2.75) is 57.9 Å². The molecule has 0 aliphatic carbocycles. The van der Waals surface area contributed by atoms with Crippen LogP contribution >= 0.6 is 0 Å². The van der Waals surface area contributed by atoms with Crippen LogP contribution in [0.15, 0.2) is 0 Å². The molecule has 3 nitrogen and oxygen atoms in total. The Kier molecular flexibility index (Phi) is 9.06. The van der Waals surface area contributed by atoms with Gasteiger partial charge in [-0.15, -0.1) is 0 Å². The van der Waals surface area contributed by atoms with E-state index in [4.69, 9.17) is 10.8 Å². The number of nitrogens with two attached hydrogens (primary N) is 1. The van der Waals surface area contributed by atoms with Crippen LogP contribution in [0, 0.1) is 0 Å². The van der Waals surface area contributed by atoms with E-state index in [2.05, 4.69) is 19.2 Å². The fourth-order valence-electron chi connectivity index (χ4n) is 1.74. The van der Waals surface area contributed by atoms with E-state index >= 15 is 0 Å². The second kappa shape index (κ2) is 9.13. The van der Waals surface area contributed by atoms with Crippen molar-refractivity contribution in [3.63, 3.8) is 0 Å². The molecule has 0 amide bonds. The second-order valence-corrected chi connectivity index (χ2v) is 4.58. The molecule has 0 heterocycles. The Morgan fingerprint density at radius 2 is 1.87 bits per heavy atom. The van der Waals surface area contributed by atoms with E-state index in [9.17, 15) is 0 Å². The van der Waals surface area contributed by atoms with Gasteiger partial charge in [0.15, 0.2) is 0 Å². The zero-order valence-electron chi connectivity index (χ0n) is 10.4. The van der Waals surface area contributed by atoms with Crippen molar-refractivity contribution >= 4 is 0 Å². The van der Waals surface area contributed by atoms with Gasteiger partial charge in [0.25, 0.3) is 0 Å². The van der Waals surface area contributed by atoms with Crippen LogP contribution in [0.25, 0.3) is 0 Å². The fourth-order valence-corrected chi connectivity index (χ4v) is 1.74. The highest BCUT2D eigenvalue weighted by Crippen LogP contribution is 2.14. The lowest BCUT2D eigenvalue weighted by molar-refractivity contribution is 0.251. The standard InChI is InChI=1S/C12H28N2O/c1-3-4-5-6-7-8-12(2,11-13)14-9-10-15/h14-15H,3-11,13H2,1-2H3. The monoisotopic (exact) mass is 216 g/mol. The van der Waals surface area contributed by atoms with Gasteiger partial charge in [-0.2, -0.15) is 0 Å². The third kappa shape index (κ3) is 7.77. The first-order valence-electron chi connectivity index (χ1n) is 6.24. The first-order chi connectivity index (χ1) is 7.18. The summed E-state index contributed by atoms with van der Waals surface area (Å²) in [7, 11) is 0. The second-order valence-electron chi connectivity index (χ2n) is 4.58. The molecule has 4 N–H and O–H groups in total. The van der Waals surface area contributed by atoms with Crippen molar-refractivity contribution in [3.05, 3.63) is 0 Å². The summed E-state index contributed by atoms with van der Waals surface area (Å²) in [5.74, 6) is 0. The van der Waals surface area contributed by atoms with Crippen molar-refractivity contribution in [3.8, 4) is 0 Å². The van der Waals surface area contributed by atoms with Crippen molar-refractivity contribution in [1.82, 2.24) is 5.32 Å². The van der Waals surface area contributed by atoms with Crippen LogP contribution in [-0.2, 0) is 0 Å². The Morgan fingerprint density at radius 3 is 2.40 bits per heavy atom. The molecule has 0 spiro atoms. The molecule has 15 heavy (non-hydrogen) atoms. The lowest BCUT2D eigenvalue weighted by Crippen LogP contribution is -2.49. The maximum Gasteiger partial charge on any atom is 0.0556 e. The summed E-state index contributed by atoms with van der Waals surface area (Å²) in [5, 5.41) is 12.1. The summed E-state index contributed by atoms with van der Waals surface area (Å²) in [6.45, 7) is 5.84. The van der Waals surface area contributed by atoms with E-state index in [1.165, 1.54) is 32.1 Å². The van der Waals surface area contributed by atoms with Gasteiger partial charge in [-0.1, -0.05) is 39.0 Å². The highest BCUT2D eigenvalue weighted by molar-refractivity contribution is 4.83. The third-order valence-corrected chi connectivity index (χ3v) is 2.95. The molecular formula is C12H28N2O. The summed E-state index contributed by atoms with van der Waals surface area (Å²) in [4.78, 5) is 0. The number of hydrogen-bond acceptors (Lipinski definition) is 3. The normalized spacial score (nSPS) is 15.2. The molecular weight excluding hydrogens is 188 g/mol. The molecule has 0 aromatic heterocycles. The zero-order valence-corrected chi connectivity index (χ0v) is 10.4. The van der Waals surface area contributed by atoms with Crippen molar-refractivity contribution < 1.29 is 5.11 Å². The fraction of sp³-hybridized carbons (Fsp3) is 1.00. The largest absolute Gasteiger partial charge is 0.395 e. The van der Waals surface area contributed by atoms with Gasteiger partial charge in [0.2, 0.25) is 0 Å². The lowest BCUT2D eigenvalue weighted by Gasteiger charge is -2.29. The minimum Gasteiger partial charge on any atom is -0.395 e. The van der Waals surface area contributed by atoms with Gasteiger partial charge in [-0.25, -0.2) is 0 Å². The van der Waals surface area contributed by atoms with Crippen LogP contribution in [-0.4, -0.2) is 30.3 Å². The lowest BCUT2D eigenvalue weighted by atomic mass is 9.94. The quantitative estimate of drug-likeness (QED) is 0.487. The molecule has 1 unspecified atom stereocenters. The molecule has 92 valence electrons. The number of nitrogens with one attached hydrogen (secondary N) is 1. The van der Waals surface area contributed by atoms with Gasteiger partial charge >= 0.3 is 0 Å². The molecule has 0 aromatic rings. The summed E-state index contributed by atoms with van der Waals surface area (Å²) in [6.07, 6.45) is 7.58. The molecule has 3 heteroatoms. The molecule has 0 aliphatic heterocycles. The highest BCUT2D eigenvalue weighted by atomic mass is 16.3. The van der Waals surface area contributed by atoms with Gasteiger partial charge < -0.3 is 16.2 Å². The van der Waals surface area contributed by atoms with Crippen LogP contribution in [0.4, 0.5) is 0 Å². The number of aliphatic hydroxyl groups excluding tert-OH is 1. The molecule has 0 bridgehead atoms. The number of aliphatic hydroxyl groups is 1. The minimum atomic E-state index is 0.00887.